The third kappa shape index (κ3) is 5.16. The summed E-state index contributed by atoms with van der Waals surface area (Å²) in [4.78, 5) is 28.7. The molecule has 4 heterocycles. The fourth-order valence-electron chi connectivity index (χ4n) is 4.34. The van der Waals surface area contributed by atoms with Crippen molar-refractivity contribution in [3.8, 4) is 11.1 Å². The van der Waals surface area contributed by atoms with Gasteiger partial charge < -0.3 is 20.0 Å². The summed E-state index contributed by atoms with van der Waals surface area (Å²) in [7, 11) is 6.19. The van der Waals surface area contributed by atoms with Gasteiger partial charge in [-0.2, -0.15) is 5.10 Å². The van der Waals surface area contributed by atoms with E-state index in [9.17, 15) is 4.79 Å². The van der Waals surface area contributed by atoms with Crippen LogP contribution in [0.5, 0.6) is 0 Å². The molecule has 35 heavy (non-hydrogen) atoms. The van der Waals surface area contributed by atoms with Crippen LogP contribution in [-0.4, -0.2) is 83.2 Å². The van der Waals surface area contributed by atoms with Crippen LogP contribution in [0.25, 0.3) is 22.0 Å². The highest BCUT2D eigenvalue weighted by Gasteiger charge is 2.17. The van der Waals surface area contributed by atoms with Gasteiger partial charge in [-0.05, 0) is 62.6 Å². The van der Waals surface area contributed by atoms with Crippen LogP contribution in [0.4, 0.5) is 11.5 Å². The summed E-state index contributed by atoms with van der Waals surface area (Å²) in [5, 5.41) is 11.0. The molecule has 3 aromatic heterocycles. The lowest BCUT2D eigenvalue weighted by atomic mass is 10.0. The molecule has 9 heteroatoms. The van der Waals surface area contributed by atoms with Crippen LogP contribution in [0.3, 0.4) is 0 Å². The molecule has 5 rings (SSSR count). The average molecular weight is 471 g/mol. The number of likely N-dealkylation sites (N-methyl/N-ethyl adjacent to an activating group) is 1. The van der Waals surface area contributed by atoms with Crippen molar-refractivity contribution in [1.29, 1.82) is 0 Å². The summed E-state index contributed by atoms with van der Waals surface area (Å²) in [5.41, 5.74) is 4.91. The van der Waals surface area contributed by atoms with Gasteiger partial charge in [0, 0.05) is 56.1 Å². The zero-order chi connectivity index (χ0) is 24.4. The van der Waals surface area contributed by atoms with E-state index in [1.807, 2.05) is 56.8 Å². The number of nitrogens with one attached hydrogen (secondary N) is 2. The Morgan fingerprint density at radius 3 is 2.60 bits per heavy atom. The van der Waals surface area contributed by atoms with Crippen LogP contribution in [0.1, 0.15) is 16.1 Å². The molecule has 1 aliphatic rings. The molecule has 0 unspecified atom stereocenters. The summed E-state index contributed by atoms with van der Waals surface area (Å²) < 4.78 is 0. The molecule has 1 fully saturated rings. The van der Waals surface area contributed by atoms with Crippen molar-refractivity contribution in [3.63, 3.8) is 0 Å². The van der Waals surface area contributed by atoms with Gasteiger partial charge in [0.2, 0.25) is 0 Å². The number of aromatic nitrogens is 4. The van der Waals surface area contributed by atoms with Crippen molar-refractivity contribution in [2.45, 2.75) is 6.54 Å². The molecule has 0 atom stereocenters. The molecule has 0 radical (unpaired) electrons. The van der Waals surface area contributed by atoms with Crippen LogP contribution in [-0.2, 0) is 6.54 Å². The second-order valence-electron chi connectivity index (χ2n) is 9.30. The van der Waals surface area contributed by atoms with Gasteiger partial charge in [0.25, 0.3) is 5.91 Å². The summed E-state index contributed by atoms with van der Waals surface area (Å²) in [6.45, 7) is 4.74. The van der Waals surface area contributed by atoms with Crippen LogP contribution in [0, 0.1) is 0 Å². The van der Waals surface area contributed by atoms with Crippen molar-refractivity contribution < 1.29 is 4.79 Å². The number of fused-ring (bicyclic) bond motifs is 1. The monoisotopic (exact) mass is 470 g/mol. The van der Waals surface area contributed by atoms with Crippen LogP contribution in [0.15, 0.2) is 55.0 Å². The molecule has 1 aliphatic heterocycles. The second kappa shape index (κ2) is 9.81. The highest BCUT2D eigenvalue weighted by atomic mass is 16.1. The summed E-state index contributed by atoms with van der Waals surface area (Å²) in [5.74, 6) is 0.651. The molecule has 180 valence electrons. The molecular weight excluding hydrogens is 440 g/mol. The van der Waals surface area contributed by atoms with Crippen molar-refractivity contribution in [1.82, 2.24) is 30.0 Å². The third-order valence-corrected chi connectivity index (χ3v) is 6.24. The molecule has 1 aromatic carbocycles. The highest BCUT2D eigenvalue weighted by Crippen LogP contribution is 2.26. The number of H-pyrrole nitrogens is 1. The van der Waals surface area contributed by atoms with E-state index < -0.39 is 0 Å². The number of benzene rings is 1. The van der Waals surface area contributed by atoms with Crippen LogP contribution >= 0.6 is 0 Å². The highest BCUT2D eigenvalue weighted by molar-refractivity contribution is 6.11. The lowest BCUT2D eigenvalue weighted by Gasteiger charge is -2.33. The van der Waals surface area contributed by atoms with Gasteiger partial charge >= 0.3 is 0 Å². The number of anilines is 2. The summed E-state index contributed by atoms with van der Waals surface area (Å²) in [6, 6.07) is 11.9. The molecule has 4 aromatic rings. The minimum Gasteiger partial charge on any atom is -0.354 e. The van der Waals surface area contributed by atoms with Crippen molar-refractivity contribution >= 4 is 28.3 Å². The molecule has 1 saturated heterocycles. The SMILES string of the molecule is CN(C)Cc1cncc(-c2ccc3[nH]nc(C(=O)Nc4ccc(N5CCN(C)CC5)nc4)c3c2)c1. The Balaban J connectivity index is 1.34. The minimum absolute atomic E-state index is 0.276. The number of aromatic amines is 1. The van der Waals surface area contributed by atoms with E-state index in [4.69, 9.17) is 0 Å². The predicted octanol–water partition coefficient (Wildman–Crippen LogP) is 3.09. The molecule has 2 N–H and O–H groups in total. The first kappa shape index (κ1) is 22.9. The average Bonchev–Trinajstić information content (AvgIpc) is 3.28. The van der Waals surface area contributed by atoms with E-state index in [1.54, 1.807) is 6.20 Å². The fraction of sp³-hybridized carbons (Fsp3) is 0.308. The van der Waals surface area contributed by atoms with E-state index in [0.717, 1.165) is 66.1 Å². The van der Waals surface area contributed by atoms with Gasteiger partial charge in [-0.25, -0.2) is 4.98 Å². The zero-order valence-corrected chi connectivity index (χ0v) is 20.3. The van der Waals surface area contributed by atoms with Gasteiger partial charge in [0.1, 0.15) is 5.82 Å². The van der Waals surface area contributed by atoms with Crippen molar-refractivity contribution in [2.75, 3.05) is 57.5 Å². The number of carbonyl (C=O) groups excluding carboxylic acids is 1. The topological polar surface area (TPSA) is 93.3 Å². The lowest BCUT2D eigenvalue weighted by Crippen LogP contribution is -2.44. The fourth-order valence-corrected chi connectivity index (χ4v) is 4.34. The Hall–Kier alpha value is -3.82. The number of piperazine rings is 1. The van der Waals surface area contributed by atoms with Crippen molar-refractivity contribution in [2.24, 2.45) is 0 Å². The molecular formula is C26H30N8O. The van der Waals surface area contributed by atoms with Crippen LogP contribution < -0.4 is 10.2 Å². The first-order chi connectivity index (χ1) is 17.0. The Morgan fingerprint density at radius 1 is 1.03 bits per heavy atom. The van der Waals surface area contributed by atoms with E-state index in [-0.39, 0.29) is 5.91 Å². The van der Waals surface area contributed by atoms with Crippen LogP contribution in [0.2, 0.25) is 0 Å². The predicted molar refractivity (Wildman–Crippen MR) is 139 cm³/mol. The number of pyridine rings is 2. The quantitative estimate of drug-likeness (QED) is 0.447. The number of carbonyl (C=O) groups is 1. The summed E-state index contributed by atoms with van der Waals surface area (Å²) in [6.07, 6.45) is 5.42. The third-order valence-electron chi connectivity index (χ3n) is 6.24. The molecule has 1 amide bonds. The lowest BCUT2D eigenvalue weighted by molar-refractivity contribution is 0.102. The Kier molecular flexibility index (Phi) is 6.43. The first-order valence-corrected chi connectivity index (χ1v) is 11.7. The van der Waals surface area contributed by atoms with Gasteiger partial charge in [0.15, 0.2) is 5.69 Å². The number of nitrogens with zero attached hydrogens (tertiary/aromatic N) is 6. The van der Waals surface area contributed by atoms with Gasteiger partial charge in [-0.15, -0.1) is 0 Å². The largest absolute Gasteiger partial charge is 0.354 e. The molecule has 0 bridgehead atoms. The Morgan fingerprint density at radius 2 is 1.86 bits per heavy atom. The van der Waals surface area contributed by atoms with Gasteiger partial charge in [0.05, 0.1) is 17.4 Å². The molecule has 0 aliphatic carbocycles. The Labute approximate surface area is 204 Å². The number of hydrogen-bond acceptors (Lipinski definition) is 7. The second-order valence-corrected chi connectivity index (χ2v) is 9.30. The van der Waals surface area contributed by atoms with Gasteiger partial charge in [-0.3, -0.25) is 14.9 Å². The minimum atomic E-state index is -0.276. The van der Waals surface area contributed by atoms with Crippen molar-refractivity contribution in [3.05, 3.63) is 66.2 Å². The number of amides is 1. The van der Waals surface area contributed by atoms with E-state index in [1.165, 1.54) is 0 Å². The molecule has 0 spiro atoms. The van der Waals surface area contributed by atoms with Gasteiger partial charge in [-0.1, -0.05) is 6.07 Å². The molecule has 0 saturated carbocycles. The maximum absolute atomic E-state index is 13.1. The van der Waals surface area contributed by atoms with E-state index in [0.29, 0.717) is 11.4 Å². The smallest absolute Gasteiger partial charge is 0.276 e. The maximum atomic E-state index is 13.1. The number of rotatable bonds is 6. The van der Waals surface area contributed by atoms with E-state index in [2.05, 4.69) is 53.3 Å². The standard InChI is InChI=1S/C26H30N8O/c1-32(2)17-18-12-20(15-27-14-18)19-4-6-23-22(13-19)25(31-30-23)26(35)29-21-5-7-24(28-16-21)34-10-8-33(3)9-11-34/h4-7,12-16H,8-11,17H2,1-3H3,(H,29,35)(H,30,31). The molecule has 9 nitrogen and oxygen atoms in total. The normalized spacial score (nSPS) is 14.6. The summed E-state index contributed by atoms with van der Waals surface area (Å²) >= 11 is 0. The first-order valence-electron chi connectivity index (χ1n) is 11.7. The maximum Gasteiger partial charge on any atom is 0.276 e. The zero-order valence-electron chi connectivity index (χ0n) is 20.3. The number of hydrogen-bond donors (Lipinski definition) is 2. The van der Waals surface area contributed by atoms with E-state index >= 15 is 0 Å². The Bertz CT molecular complexity index is 1320.